The average Bonchev–Trinajstić information content (AvgIpc) is 2.41. The molecule has 0 amide bonds. The smallest absolute Gasteiger partial charge is 0.123 e. The zero-order valence-corrected chi connectivity index (χ0v) is 10.9. The van der Waals surface area contributed by atoms with Crippen LogP contribution in [0.3, 0.4) is 0 Å². The van der Waals surface area contributed by atoms with Gasteiger partial charge in [0.25, 0.3) is 0 Å². The van der Waals surface area contributed by atoms with Crippen LogP contribution in [-0.4, -0.2) is 31.1 Å². The first-order valence-corrected chi connectivity index (χ1v) is 6.95. The van der Waals surface area contributed by atoms with E-state index in [0.29, 0.717) is 0 Å². The molecule has 0 radical (unpaired) electrons. The van der Waals surface area contributed by atoms with E-state index in [1.54, 1.807) is 12.1 Å². The molecule has 1 aromatic carbocycles. The van der Waals surface area contributed by atoms with Crippen molar-refractivity contribution in [1.29, 1.82) is 0 Å². The molecule has 0 unspecified atom stereocenters. The Labute approximate surface area is 109 Å². The van der Waals surface area contributed by atoms with Gasteiger partial charge in [0, 0.05) is 0 Å². The minimum Gasteiger partial charge on any atom is -0.330 e. The van der Waals surface area contributed by atoms with Crippen molar-refractivity contribution in [1.82, 2.24) is 4.90 Å². The zero-order chi connectivity index (χ0) is 12.8. The van der Waals surface area contributed by atoms with Crippen molar-refractivity contribution >= 4 is 0 Å². The third kappa shape index (κ3) is 4.07. The molecule has 1 aliphatic rings. The molecule has 3 heteroatoms. The highest BCUT2D eigenvalue weighted by molar-refractivity contribution is 5.16. The monoisotopic (exact) mass is 250 g/mol. The molecule has 1 saturated heterocycles. The minimum atomic E-state index is -0.143. The molecule has 0 bridgehead atoms. The summed E-state index contributed by atoms with van der Waals surface area (Å²) in [6.45, 7) is 4.30. The van der Waals surface area contributed by atoms with Crippen LogP contribution in [0.1, 0.15) is 24.8 Å². The minimum absolute atomic E-state index is 0.143. The molecule has 100 valence electrons. The standard InChI is InChI=1S/C15H23FN2/c16-15-4-2-13(3-5-15)12-14-6-10-18(11-7-14)9-1-8-17/h2-5,14H,1,6-12,17H2. The highest BCUT2D eigenvalue weighted by atomic mass is 19.1. The fraction of sp³-hybridized carbons (Fsp3) is 0.600. The molecule has 0 saturated carbocycles. The van der Waals surface area contributed by atoms with Gasteiger partial charge >= 0.3 is 0 Å². The van der Waals surface area contributed by atoms with E-state index in [0.717, 1.165) is 31.8 Å². The maximum absolute atomic E-state index is 12.8. The van der Waals surface area contributed by atoms with Crippen LogP contribution in [-0.2, 0) is 6.42 Å². The van der Waals surface area contributed by atoms with Crippen molar-refractivity contribution in [2.45, 2.75) is 25.7 Å². The Hall–Kier alpha value is -0.930. The lowest BCUT2D eigenvalue weighted by Crippen LogP contribution is -2.35. The van der Waals surface area contributed by atoms with Crippen molar-refractivity contribution in [3.8, 4) is 0 Å². The first-order valence-electron chi connectivity index (χ1n) is 6.95. The van der Waals surface area contributed by atoms with Crippen LogP contribution >= 0.6 is 0 Å². The summed E-state index contributed by atoms with van der Waals surface area (Å²) >= 11 is 0. The molecular weight excluding hydrogens is 227 g/mol. The molecule has 2 rings (SSSR count). The second kappa shape index (κ2) is 6.86. The first kappa shape index (κ1) is 13.5. The van der Waals surface area contributed by atoms with Gasteiger partial charge in [-0.25, -0.2) is 4.39 Å². The van der Waals surface area contributed by atoms with E-state index < -0.39 is 0 Å². The number of halogens is 1. The lowest BCUT2D eigenvalue weighted by atomic mass is 9.90. The molecule has 0 spiro atoms. The number of hydrogen-bond acceptors (Lipinski definition) is 2. The van der Waals surface area contributed by atoms with Crippen molar-refractivity contribution in [2.75, 3.05) is 26.2 Å². The Morgan fingerprint density at radius 2 is 1.83 bits per heavy atom. The van der Waals surface area contributed by atoms with Gasteiger partial charge in [-0.05, 0) is 75.5 Å². The van der Waals surface area contributed by atoms with Crippen LogP contribution in [0.4, 0.5) is 4.39 Å². The Balaban J connectivity index is 1.74. The van der Waals surface area contributed by atoms with E-state index in [2.05, 4.69) is 4.90 Å². The normalized spacial score (nSPS) is 18.1. The van der Waals surface area contributed by atoms with Crippen LogP contribution in [0.5, 0.6) is 0 Å². The van der Waals surface area contributed by atoms with E-state index in [-0.39, 0.29) is 5.82 Å². The van der Waals surface area contributed by atoms with Crippen LogP contribution in [0.25, 0.3) is 0 Å². The Morgan fingerprint density at radius 1 is 1.17 bits per heavy atom. The number of nitrogens with zero attached hydrogens (tertiary/aromatic N) is 1. The maximum atomic E-state index is 12.8. The fourth-order valence-corrected chi connectivity index (χ4v) is 2.68. The van der Waals surface area contributed by atoms with Crippen molar-refractivity contribution in [3.05, 3.63) is 35.6 Å². The van der Waals surface area contributed by atoms with Gasteiger partial charge in [0.1, 0.15) is 5.82 Å². The summed E-state index contributed by atoms with van der Waals surface area (Å²) in [6.07, 6.45) is 4.69. The molecule has 18 heavy (non-hydrogen) atoms. The highest BCUT2D eigenvalue weighted by Gasteiger charge is 2.18. The van der Waals surface area contributed by atoms with E-state index in [1.807, 2.05) is 12.1 Å². The molecule has 0 aromatic heterocycles. The predicted molar refractivity (Wildman–Crippen MR) is 72.9 cm³/mol. The number of piperidine rings is 1. The molecule has 2 nitrogen and oxygen atoms in total. The van der Waals surface area contributed by atoms with E-state index >= 15 is 0 Å². The van der Waals surface area contributed by atoms with Crippen LogP contribution in [0.2, 0.25) is 0 Å². The largest absolute Gasteiger partial charge is 0.330 e. The van der Waals surface area contributed by atoms with Gasteiger partial charge in [-0.15, -0.1) is 0 Å². The number of benzene rings is 1. The van der Waals surface area contributed by atoms with Gasteiger partial charge in [-0.3, -0.25) is 0 Å². The molecule has 1 heterocycles. The summed E-state index contributed by atoms with van der Waals surface area (Å²) in [5.41, 5.74) is 6.79. The molecule has 1 aliphatic heterocycles. The Bertz CT molecular complexity index is 342. The molecule has 0 atom stereocenters. The molecule has 1 fully saturated rings. The molecule has 0 aliphatic carbocycles. The van der Waals surface area contributed by atoms with Crippen molar-refractivity contribution in [2.24, 2.45) is 11.7 Å². The van der Waals surface area contributed by atoms with Crippen molar-refractivity contribution < 1.29 is 4.39 Å². The summed E-state index contributed by atoms with van der Waals surface area (Å²) in [4.78, 5) is 2.51. The average molecular weight is 250 g/mol. The Morgan fingerprint density at radius 3 is 2.44 bits per heavy atom. The van der Waals surface area contributed by atoms with Gasteiger partial charge in [0.05, 0.1) is 0 Å². The summed E-state index contributed by atoms with van der Waals surface area (Å²) in [5, 5.41) is 0. The lowest BCUT2D eigenvalue weighted by molar-refractivity contribution is 0.183. The van der Waals surface area contributed by atoms with E-state index in [9.17, 15) is 4.39 Å². The van der Waals surface area contributed by atoms with E-state index in [1.165, 1.54) is 31.5 Å². The summed E-state index contributed by atoms with van der Waals surface area (Å²) in [6, 6.07) is 6.95. The lowest BCUT2D eigenvalue weighted by Gasteiger charge is -2.31. The number of nitrogens with two attached hydrogens (primary N) is 1. The third-order valence-corrected chi connectivity index (χ3v) is 3.82. The molecular formula is C15H23FN2. The van der Waals surface area contributed by atoms with Gasteiger partial charge in [-0.2, -0.15) is 0 Å². The zero-order valence-electron chi connectivity index (χ0n) is 10.9. The van der Waals surface area contributed by atoms with Crippen molar-refractivity contribution in [3.63, 3.8) is 0 Å². The number of likely N-dealkylation sites (tertiary alicyclic amines) is 1. The fourth-order valence-electron chi connectivity index (χ4n) is 2.68. The third-order valence-electron chi connectivity index (χ3n) is 3.82. The van der Waals surface area contributed by atoms with Crippen LogP contribution < -0.4 is 5.73 Å². The summed E-state index contributed by atoms with van der Waals surface area (Å²) in [5.74, 6) is 0.611. The summed E-state index contributed by atoms with van der Waals surface area (Å²) in [7, 11) is 0. The Kier molecular flexibility index (Phi) is 5.14. The predicted octanol–water partition coefficient (Wildman–Crippen LogP) is 2.43. The molecule has 2 N–H and O–H groups in total. The first-order chi connectivity index (χ1) is 8.78. The van der Waals surface area contributed by atoms with Gasteiger partial charge in [0.15, 0.2) is 0 Å². The van der Waals surface area contributed by atoms with Gasteiger partial charge in [0.2, 0.25) is 0 Å². The highest BCUT2D eigenvalue weighted by Crippen LogP contribution is 2.21. The van der Waals surface area contributed by atoms with Gasteiger partial charge < -0.3 is 10.6 Å². The van der Waals surface area contributed by atoms with Crippen LogP contribution in [0.15, 0.2) is 24.3 Å². The van der Waals surface area contributed by atoms with Crippen LogP contribution in [0, 0.1) is 11.7 Å². The molecule has 1 aromatic rings. The topological polar surface area (TPSA) is 29.3 Å². The second-order valence-corrected chi connectivity index (χ2v) is 5.26. The second-order valence-electron chi connectivity index (χ2n) is 5.26. The quantitative estimate of drug-likeness (QED) is 0.869. The van der Waals surface area contributed by atoms with E-state index in [4.69, 9.17) is 5.73 Å². The number of rotatable bonds is 5. The summed E-state index contributed by atoms with van der Waals surface area (Å²) < 4.78 is 12.8. The SMILES string of the molecule is NCCCN1CCC(Cc2ccc(F)cc2)CC1. The van der Waals surface area contributed by atoms with Gasteiger partial charge in [-0.1, -0.05) is 12.1 Å². The number of hydrogen-bond donors (Lipinski definition) is 1. The maximum Gasteiger partial charge on any atom is 0.123 e.